The zero-order valence-electron chi connectivity index (χ0n) is 40.8. The van der Waals surface area contributed by atoms with Crippen molar-refractivity contribution in [3.63, 3.8) is 0 Å². The van der Waals surface area contributed by atoms with Gasteiger partial charge in [-0.3, -0.25) is 0 Å². The Labute approximate surface area is 413 Å². The molecule has 0 N–H and O–H groups in total. The Morgan fingerprint density at radius 3 is 0.986 bits per heavy atom. The second kappa shape index (κ2) is 16.8. The van der Waals surface area contributed by atoms with Gasteiger partial charge in [0.1, 0.15) is 0 Å². The number of fused-ring (bicyclic) bond motifs is 6. The molecule has 0 atom stereocenters. The lowest BCUT2D eigenvalue weighted by Crippen LogP contribution is -2.15. The first-order valence-electron chi connectivity index (χ1n) is 24.7. The van der Waals surface area contributed by atoms with E-state index in [1.54, 1.807) is 0 Å². The number of aryl methyl sites for hydroxylation is 2. The van der Waals surface area contributed by atoms with Gasteiger partial charge in [-0.05, 0) is 165 Å². The van der Waals surface area contributed by atoms with Crippen LogP contribution < -0.4 is 9.80 Å². The van der Waals surface area contributed by atoms with Crippen molar-refractivity contribution in [2.75, 3.05) is 9.80 Å². The minimum Gasteiger partial charge on any atom is -0.310 e. The molecule has 70 heavy (non-hydrogen) atoms. The third kappa shape index (κ3) is 7.01. The van der Waals surface area contributed by atoms with Gasteiger partial charge in [0.25, 0.3) is 0 Å². The van der Waals surface area contributed by atoms with Crippen LogP contribution in [-0.4, -0.2) is 0 Å². The van der Waals surface area contributed by atoms with E-state index in [0.717, 1.165) is 34.1 Å². The Morgan fingerprint density at radius 2 is 0.586 bits per heavy atom. The van der Waals surface area contributed by atoms with Crippen LogP contribution in [0.15, 0.2) is 231 Å². The van der Waals surface area contributed by atoms with Crippen molar-refractivity contribution in [1.82, 2.24) is 0 Å². The maximum Gasteiger partial charge on any atom is 0.0540 e. The normalized spacial score (nSPS) is 13.5. The van der Waals surface area contributed by atoms with Crippen LogP contribution in [-0.2, 0) is 10.8 Å². The van der Waals surface area contributed by atoms with E-state index in [1.807, 2.05) is 0 Å². The Balaban J connectivity index is 0.912. The molecule has 12 rings (SSSR count). The molecular formula is C68H56N2. The van der Waals surface area contributed by atoms with Crippen LogP contribution in [0.1, 0.15) is 61.1 Å². The average molecular weight is 901 g/mol. The van der Waals surface area contributed by atoms with Gasteiger partial charge < -0.3 is 9.80 Å². The Hall–Kier alpha value is -8.20. The summed E-state index contributed by atoms with van der Waals surface area (Å²) in [6.45, 7) is 13.9. The molecular weight excluding hydrogens is 845 g/mol. The van der Waals surface area contributed by atoms with Gasteiger partial charge >= 0.3 is 0 Å². The number of hydrogen-bond donors (Lipinski definition) is 0. The molecule has 10 aromatic rings. The number of rotatable bonds is 9. The van der Waals surface area contributed by atoms with Crippen LogP contribution in [0.2, 0.25) is 0 Å². The highest BCUT2D eigenvalue weighted by atomic mass is 15.2. The second-order valence-electron chi connectivity index (χ2n) is 20.2. The first kappa shape index (κ1) is 43.1. The summed E-state index contributed by atoms with van der Waals surface area (Å²) < 4.78 is 0. The summed E-state index contributed by atoms with van der Waals surface area (Å²) in [5.41, 5.74) is 27.1. The maximum absolute atomic E-state index is 2.44. The molecule has 0 saturated heterocycles. The van der Waals surface area contributed by atoms with Crippen molar-refractivity contribution in [1.29, 1.82) is 0 Å². The minimum absolute atomic E-state index is 0.0859. The van der Waals surface area contributed by atoms with Crippen molar-refractivity contribution >= 4 is 34.1 Å². The summed E-state index contributed by atoms with van der Waals surface area (Å²) in [5, 5.41) is 0. The first-order chi connectivity index (χ1) is 34.1. The summed E-state index contributed by atoms with van der Waals surface area (Å²) in [6.07, 6.45) is 0. The molecule has 0 amide bonds. The van der Waals surface area contributed by atoms with E-state index < -0.39 is 0 Å². The van der Waals surface area contributed by atoms with Gasteiger partial charge in [-0.15, -0.1) is 0 Å². The first-order valence-corrected chi connectivity index (χ1v) is 24.7. The molecule has 10 aromatic carbocycles. The van der Waals surface area contributed by atoms with E-state index in [4.69, 9.17) is 0 Å². The molecule has 2 aliphatic rings. The van der Waals surface area contributed by atoms with E-state index in [0.29, 0.717) is 0 Å². The van der Waals surface area contributed by atoms with Crippen molar-refractivity contribution in [3.05, 3.63) is 264 Å². The van der Waals surface area contributed by atoms with Crippen LogP contribution >= 0.6 is 0 Å². The molecule has 0 bridgehead atoms. The van der Waals surface area contributed by atoms with Gasteiger partial charge in [0, 0.05) is 44.7 Å². The highest BCUT2D eigenvalue weighted by molar-refractivity contribution is 5.94. The fraction of sp³-hybridized carbons (Fsp3) is 0.118. The molecule has 0 spiro atoms. The number of hydrogen-bond acceptors (Lipinski definition) is 2. The standard InChI is InChI=1S/C68H56N2/c1-45-41-47(35-39-63(45)69(51-21-9-7-10-22-51)65-31-19-15-25-53(65)49-33-37-57-55-27-13-17-29-59(55)67(3,4)61(57)43-49)48-36-40-64(46(2)42-48)70(52-23-11-8-12-24-52)66-32-20-16-26-54(66)50-34-38-58-56-28-14-18-30-60(56)68(5,6)62(58)44-50/h7-44H,1-6H3. The van der Waals surface area contributed by atoms with E-state index in [2.05, 4.69) is 282 Å². The third-order valence-corrected chi connectivity index (χ3v) is 15.3. The zero-order valence-corrected chi connectivity index (χ0v) is 40.8. The highest BCUT2D eigenvalue weighted by Gasteiger charge is 2.37. The Kier molecular flexibility index (Phi) is 10.3. The van der Waals surface area contributed by atoms with Gasteiger partial charge in [-0.25, -0.2) is 0 Å². The molecule has 0 fully saturated rings. The van der Waals surface area contributed by atoms with Crippen LogP contribution in [0.4, 0.5) is 34.1 Å². The van der Waals surface area contributed by atoms with E-state index in [9.17, 15) is 0 Å². The second-order valence-corrected chi connectivity index (χ2v) is 20.2. The zero-order chi connectivity index (χ0) is 47.7. The van der Waals surface area contributed by atoms with E-state index in [1.165, 1.54) is 89.0 Å². The lowest BCUT2D eigenvalue weighted by Gasteiger charge is -2.30. The van der Waals surface area contributed by atoms with Gasteiger partial charge in [0.05, 0.1) is 11.4 Å². The molecule has 0 unspecified atom stereocenters. The Bertz CT molecular complexity index is 3390. The fourth-order valence-corrected chi connectivity index (χ4v) is 11.7. The molecule has 2 aliphatic carbocycles. The molecule has 0 saturated carbocycles. The smallest absolute Gasteiger partial charge is 0.0540 e. The molecule has 0 aromatic heterocycles. The number of benzene rings is 10. The van der Waals surface area contributed by atoms with Gasteiger partial charge in [0.2, 0.25) is 0 Å². The average Bonchev–Trinajstić information content (AvgIpc) is 3.77. The molecule has 0 aliphatic heterocycles. The minimum atomic E-state index is -0.0859. The summed E-state index contributed by atoms with van der Waals surface area (Å²) >= 11 is 0. The SMILES string of the molecule is Cc1cc(-c2ccc(N(c3ccccc3)c3ccccc3-c3ccc4c(c3)C(C)(C)c3ccccc3-4)c(C)c2)ccc1N(c1ccccc1)c1ccccc1-c1ccc2c(c1)C(C)(C)c1ccccc1-2. The maximum atomic E-state index is 2.44. The fourth-order valence-electron chi connectivity index (χ4n) is 11.7. The molecule has 338 valence electrons. The third-order valence-electron chi connectivity index (χ3n) is 15.3. The van der Waals surface area contributed by atoms with Crippen molar-refractivity contribution < 1.29 is 0 Å². The predicted molar refractivity (Wildman–Crippen MR) is 297 cm³/mol. The summed E-state index contributed by atoms with van der Waals surface area (Å²) in [7, 11) is 0. The van der Waals surface area contributed by atoms with Crippen LogP contribution in [0.3, 0.4) is 0 Å². The monoisotopic (exact) mass is 900 g/mol. The molecule has 0 radical (unpaired) electrons. The van der Waals surface area contributed by atoms with Crippen molar-refractivity contribution in [2.45, 2.75) is 52.4 Å². The largest absolute Gasteiger partial charge is 0.310 e. The topological polar surface area (TPSA) is 6.48 Å². The summed E-state index contributed by atoms with van der Waals surface area (Å²) in [5.74, 6) is 0. The van der Waals surface area contributed by atoms with Gasteiger partial charge in [-0.2, -0.15) is 0 Å². The summed E-state index contributed by atoms with van der Waals surface area (Å²) in [4.78, 5) is 4.87. The molecule has 0 heterocycles. The van der Waals surface area contributed by atoms with Gasteiger partial charge in [0.15, 0.2) is 0 Å². The van der Waals surface area contributed by atoms with Gasteiger partial charge in [-0.1, -0.05) is 185 Å². The lowest BCUT2D eigenvalue weighted by molar-refractivity contribution is 0.660. The van der Waals surface area contributed by atoms with Crippen LogP contribution in [0, 0.1) is 13.8 Å². The van der Waals surface area contributed by atoms with Crippen molar-refractivity contribution in [2.24, 2.45) is 0 Å². The van der Waals surface area contributed by atoms with Crippen LogP contribution in [0.5, 0.6) is 0 Å². The van der Waals surface area contributed by atoms with Crippen LogP contribution in [0.25, 0.3) is 55.6 Å². The summed E-state index contributed by atoms with van der Waals surface area (Å²) in [6, 6.07) is 85.2. The number of anilines is 6. The quantitative estimate of drug-likeness (QED) is 0.142. The Morgan fingerprint density at radius 1 is 0.257 bits per heavy atom. The van der Waals surface area contributed by atoms with E-state index >= 15 is 0 Å². The predicted octanol–water partition coefficient (Wildman–Crippen LogP) is 18.9. The highest BCUT2D eigenvalue weighted by Crippen LogP contribution is 2.53. The lowest BCUT2D eigenvalue weighted by atomic mass is 9.81. The molecule has 2 nitrogen and oxygen atoms in total. The molecule has 2 heteroatoms. The number of nitrogens with zero attached hydrogens (tertiary/aromatic N) is 2. The van der Waals surface area contributed by atoms with E-state index in [-0.39, 0.29) is 10.8 Å². The number of para-hydroxylation sites is 4. The van der Waals surface area contributed by atoms with Crippen molar-refractivity contribution in [3.8, 4) is 55.6 Å².